The summed E-state index contributed by atoms with van der Waals surface area (Å²) in [5, 5.41) is 12.2. The minimum absolute atomic E-state index is 0.478. The molecule has 7 nitrogen and oxygen atoms in total. The topological polar surface area (TPSA) is 76.9 Å². The Bertz CT molecular complexity index is 1110. The fourth-order valence-corrected chi connectivity index (χ4v) is 3.07. The molecule has 30 heavy (non-hydrogen) atoms. The lowest BCUT2D eigenvalue weighted by molar-refractivity contribution is 0.340. The van der Waals surface area contributed by atoms with Crippen LogP contribution < -0.4 is 15.4 Å². The first-order chi connectivity index (χ1) is 14.6. The molecule has 0 atom stereocenters. The molecular formula is C23H26N6O. The summed E-state index contributed by atoms with van der Waals surface area (Å²) in [6.45, 7) is 7.70. The Kier molecular flexibility index (Phi) is 5.79. The van der Waals surface area contributed by atoms with Crippen LogP contribution in [0.2, 0.25) is 0 Å². The first kappa shape index (κ1) is 19.7. The Morgan fingerprint density at radius 1 is 1.00 bits per heavy atom. The number of ether oxygens (including phenoxy) is 1. The lowest BCUT2D eigenvalue weighted by Crippen LogP contribution is -2.12. The number of rotatable bonds is 8. The van der Waals surface area contributed by atoms with Crippen LogP contribution in [0.3, 0.4) is 0 Å². The van der Waals surface area contributed by atoms with Crippen LogP contribution in [0.15, 0.2) is 60.8 Å². The van der Waals surface area contributed by atoms with E-state index in [2.05, 4.69) is 29.6 Å². The van der Waals surface area contributed by atoms with E-state index < -0.39 is 0 Å². The molecule has 0 aliphatic heterocycles. The van der Waals surface area contributed by atoms with Crippen LogP contribution in [-0.4, -0.2) is 32.9 Å². The molecule has 0 aliphatic rings. The van der Waals surface area contributed by atoms with Gasteiger partial charge >= 0.3 is 0 Å². The van der Waals surface area contributed by atoms with Crippen molar-refractivity contribution in [2.45, 2.75) is 20.8 Å². The van der Waals surface area contributed by atoms with E-state index in [-0.39, 0.29) is 0 Å². The first-order valence-electron chi connectivity index (χ1n) is 10.2. The van der Waals surface area contributed by atoms with Crippen molar-refractivity contribution in [3.05, 3.63) is 60.8 Å². The summed E-state index contributed by atoms with van der Waals surface area (Å²) in [6, 6.07) is 17.8. The lowest BCUT2D eigenvalue weighted by atomic mass is 10.2. The van der Waals surface area contributed by atoms with E-state index in [4.69, 9.17) is 14.7 Å². The van der Waals surface area contributed by atoms with Gasteiger partial charge in [-0.05, 0) is 49.2 Å². The SMILES string of the molecule is CCOc1ccc(Nc2nc(NCC(C)C)nc3c2cnn3-c2ccccc2)cc1. The van der Waals surface area contributed by atoms with Gasteiger partial charge in [-0.3, -0.25) is 0 Å². The maximum atomic E-state index is 5.53. The number of para-hydroxylation sites is 1. The van der Waals surface area contributed by atoms with E-state index in [1.165, 1.54) is 0 Å². The molecule has 0 bridgehead atoms. The molecule has 2 heterocycles. The van der Waals surface area contributed by atoms with Gasteiger partial charge in [0.25, 0.3) is 0 Å². The van der Waals surface area contributed by atoms with Gasteiger partial charge in [0.15, 0.2) is 5.65 Å². The van der Waals surface area contributed by atoms with Crippen LogP contribution in [0.5, 0.6) is 5.75 Å². The fraction of sp³-hybridized carbons (Fsp3) is 0.261. The van der Waals surface area contributed by atoms with Crippen molar-refractivity contribution >= 4 is 28.5 Å². The predicted octanol–water partition coefficient (Wildman–Crippen LogP) is 5.03. The van der Waals surface area contributed by atoms with Gasteiger partial charge in [0.05, 0.1) is 23.9 Å². The minimum Gasteiger partial charge on any atom is -0.494 e. The van der Waals surface area contributed by atoms with Crippen LogP contribution in [0, 0.1) is 5.92 Å². The second kappa shape index (κ2) is 8.82. The van der Waals surface area contributed by atoms with Crippen molar-refractivity contribution in [3.63, 3.8) is 0 Å². The van der Waals surface area contributed by atoms with Gasteiger partial charge in [0.1, 0.15) is 11.6 Å². The number of hydrogen-bond acceptors (Lipinski definition) is 6. The smallest absolute Gasteiger partial charge is 0.226 e. The van der Waals surface area contributed by atoms with Crippen LogP contribution in [-0.2, 0) is 0 Å². The van der Waals surface area contributed by atoms with E-state index >= 15 is 0 Å². The van der Waals surface area contributed by atoms with Crippen LogP contribution in [0.4, 0.5) is 17.5 Å². The Balaban J connectivity index is 1.74. The van der Waals surface area contributed by atoms with Gasteiger partial charge < -0.3 is 15.4 Å². The summed E-state index contributed by atoms with van der Waals surface area (Å²) in [7, 11) is 0. The molecule has 0 aliphatic carbocycles. The highest BCUT2D eigenvalue weighted by Crippen LogP contribution is 2.27. The number of hydrogen-bond donors (Lipinski definition) is 2. The molecule has 2 aromatic heterocycles. The Morgan fingerprint density at radius 2 is 1.77 bits per heavy atom. The number of anilines is 3. The minimum atomic E-state index is 0.478. The highest BCUT2D eigenvalue weighted by atomic mass is 16.5. The summed E-state index contributed by atoms with van der Waals surface area (Å²) < 4.78 is 7.36. The van der Waals surface area contributed by atoms with E-state index in [0.717, 1.165) is 34.7 Å². The normalized spacial score (nSPS) is 11.1. The van der Waals surface area contributed by atoms with Gasteiger partial charge in [-0.1, -0.05) is 32.0 Å². The van der Waals surface area contributed by atoms with Crippen molar-refractivity contribution in [2.75, 3.05) is 23.8 Å². The standard InChI is InChI=1S/C23H26N6O/c1-4-30-19-12-10-17(11-13-19)26-21-20-15-25-29(18-8-6-5-7-9-18)22(20)28-23(27-21)24-14-16(2)3/h5-13,15-16H,4,14H2,1-3H3,(H2,24,26,27,28). The number of aromatic nitrogens is 4. The van der Waals surface area contributed by atoms with Crippen LogP contribution in [0.25, 0.3) is 16.7 Å². The summed E-state index contributed by atoms with van der Waals surface area (Å²) >= 11 is 0. The molecule has 0 radical (unpaired) electrons. The van der Waals surface area contributed by atoms with Crippen LogP contribution >= 0.6 is 0 Å². The van der Waals surface area contributed by atoms with E-state index in [0.29, 0.717) is 24.3 Å². The van der Waals surface area contributed by atoms with Crippen LogP contribution in [0.1, 0.15) is 20.8 Å². The van der Waals surface area contributed by atoms with Crippen molar-refractivity contribution in [1.82, 2.24) is 19.7 Å². The average Bonchev–Trinajstić information content (AvgIpc) is 3.19. The largest absolute Gasteiger partial charge is 0.494 e. The highest BCUT2D eigenvalue weighted by molar-refractivity contribution is 5.90. The molecule has 2 N–H and O–H groups in total. The fourth-order valence-electron chi connectivity index (χ4n) is 3.07. The number of benzene rings is 2. The molecule has 4 rings (SSSR count). The Labute approximate surface area is 176 Å². The molecule has 0 spiro atoms. The molecule has 0 unspecified atom stereocenters. The Hall–Kier alpha value is -3.61. The van der Waals surface area contributed by atoms with E-state index in [9.17, 15) is 0 Å². The molecule has 0 saturated heterocycles. The van der Waals surface area contributed by atoms with Crippen molar-refractivity contribution in [2.24, 2.45) is 5.92 Å². The van der Waals surface area contributed by atoms with Gasteiger partial charge in [0.2, 0.25) is 5.95 Å². The average molecular weight is 403 g/mol. The zero-order chi connectivity index (χ0) is 20.9. The van der Waals surface area contributed by atoms with Crippen molar-refractivity contribution in [3.8, 4) is 11.4 Å². The summed E-state index contributed by atoms with van der Waals surface area (Å²) in [4.78, 5) is 9.46. The summed E-state index contributed by atoms with van der Waals surface area (Å²) in [5.41, 5.74) is 2.62. The quantitative estimate of drug-likeness (QED) is 0.431. The molecule has 0 saturated carbocycles. The molecule has 0 amide bonds. The molecule has 7 heteroatoms. The van der Waals surface area contributed by atoms with Gasteiger partial charge in [-0.25, -0.2) is 4.68 Å². The monoisotopic (exact) mass is 402 g/mol. The van der Waals surface area contributed by atoms with E-state index in [1.807, 2.05) is 66.2 Å². The molecule has 154 valence electrons. The van der Waals surface area contributed by atoms with E-state index in [1.54, 1.807) is 6.20 Å². The first-order valence-corrected chi connectivity index (χ1v) is 10.2. The predicted molar refractivity (Wildman–Crippen MR) is 121 cm³/mol. The third kappa shape index (κ3) is 4.35. The van der Waals surface area contributed by atoms with Gasteiger partial charge in [0, 0.05) is 12.2 Å². The maximum absolute atomic E-state index is 5.53. The van der Waals surface area contributed by atoms with Gasteiger partial charge in [-0.15, -0.1) is 0 Å². The number of nitrogens with one attached hydrogen (secondary N) is 2. The van der Waals surface area contributed by atoms with Crippen molar-refractivity contribution in [1.29, 1.82) is 0 Å². The number of nitrogens with zero attached hydrogens (tertiary/aromatic N) is 4. The summed E-state index contributed by atoms with van der Waals surface area (Å²) in [6.07, 6.45) is 1.80. The zero-order valence-electron chi connectivity index (χ0n) is 17.5. The second-order valence-electron chi connectivity index (χ2n) is 7.38. The van der Waals surface area contributed by atoms with Crippen molar-refractivity contribution < 1.29 is 4.74 Å². The van der Waals surface area contributed by atoms with Gasteiger partial charge in [-0.2, -0.15) is 15.1 Å². The third-order valence-electron chi connectivity index (χ3n) is 4.53. The molecule has 0 fully saturated rings. The third-order valence-corrected chi connectivity index (χ3v) is 4.53. The molecule has 4 aromatic rings. The highest BCUT2D eigenvalue weighted by Gasteiger charge is 2.14. The number of fused-ring (bicyclic) bond motifs is 1. The maximum Gasteiger partial charge on any atom is 0.226 e. The molecular weight excluding hydrogens is 376 g/mol. The summed E-state index contributed by atoms with van der Waals surface area (Å²) in [5.74, 6) is 2.60. The molecule has 2 aromatic carbocycles. The zero-order valence-corrected chi connectivity index (χ0v) is 17.5. The lowest BCUT2D eigenvalue weighted by Gasteiger charge is -2.12. The Morgan fingerprint density at radius 3 is 2.47 bits per heavy atom. The second-order valence-corrected chi connectivity index (χ2v) is 7.38.